The van der Waals surface area contributed by atoms with E-state index in [1.807, 2.05) is 7.05 Å². The van der Waals surface area contributed by atoms with Gasteiger partial charge in [0.15, 0.2) is 0 Å². The highest BCUT2D eigenvalue weighted by molar-refractivity contribution is 5.77. The molecule has 0 radical (unpaired) electrons. The normalized spacial score (nSPS) is 10.4. The highest BCUT2D eigenvalue weighted by Gasteiger charge is 2.11. The van der Waals surface area contributed by atoms with Crippen LogP contribution in [0.3, 0.4) is 0 Å². The Morgan fingerprint density at radius 2 is 1.70 bits per heavy atom. The molecule has 0 fully saturated rings. The second kappa shape index (κ2) is 5.91. The van der Waals surface area contributed by atoms with Gasteiger partial charge in [0.05, 0.1) is 0 Å². The van der Waals surface area contributed by atoms with Gasteiger partial charge in [0, 0.05) is 19.2 Å². The first-order chi connectivity index (χ1) is 9.58. The molecule has 0 aromatic heterocycles. The fourth-order valence-corrected chi connectivity index (χ4v) is 2.88. The zero-order chi connectivity index (χ0) is 14.7. The van der Waals surface area contributed by atoms with Crippen molar-refractivity contribution in [2.45, 2.75) is 27.2 Å². The zero-order valence-electron chi connectivity index (χ0n) is 12.6. The molecule has 0 aliphatic carbocycles. The molecule has 0 aliphatic rings. The molecule has 2 aromatic carbocycles. The molecular formula is C18H21NO. The minimum absolute atomic E-state index is 0.440. The Bertz CT molecular complexity index is 624. The molecular weight excluding hydrogens is 246 g/mol. The van der Waals surface area contributed by atoms with Crippen molar-refractivity contribution in [1.29, 1.82) is 0 Å². The highest BCUT2D eigenvalue weighted by Crippen LogP contribution is 2.32. The van der Waals surface area contributed by atoms with Crippen molar-refractivity contribution in [3.63, 3.8) is 0 Å². The Balaban J connectivity index is 2.67. The van der Waals surface area contributed by atoms with E-state index >= 15 is 0 Å². The Labute approximate surface area is 120 Å². The van der Waals surface area contributed by atoms with Crippen molar-refractivity contribution in [3.05, 3.63) is 52.6 Å². The lowest BCUT2D eigenvalue weighted by atomic mass is 9.92. The molecule has 0 saturated heterocycles. The van der Waals surface area contributed by atoms with Gasteiger partial charge in [0.25, 0.3) is 0 Å². The van der Waals surface area contributed by atoms with Crippen molar-refractivity contribution >= 4 is 12.0 Å². The van der Waals surface area contributed by atoms with E-state index in [1.54, 1.807) is 0 Å². The smallest absolute Gasteiger partial charge is 0.124 e. The van der Waals surface area contributed by atoms with Crippen LogP contribution in [-0.2, 0) is 11.2 Å². The molecule has 20 heavy (non-hydrogen) atoms. The quantitative estimate of drug-likeness (QED) is 0.846. The predicted octanol–water partition coefficient (Wildman–Crippen LogP) is 4.06. The van der Waals surface area contributed by atoms with Gasteiger partial charge in [-0.2, -0.15) is 0 Å². The summed E-state index contributed by atoms with van der Waals surface area (Å²) in [6.45, 7) is 6.34. The third-order valence-corrected chi connectivity index (χ3v) is 3.74. The molecule has 0 aliphatic heterocycles. The maximum absolute atomic E-state index is 10.9. The molecule has 1 N–H and O–H groups in total. The van der Waals surface area contributed by atoms with Crippen LogP contribution in [0.5, 0.6) is 0 Å². The molecule has 0 heterocycles. The maximum Gasteiger partial charge on any atom is 0.124 e. The largest absolute Gasteiger partial charge is 0.388 e. The molecule has 0 unspecified atom stereocenters. The number of carbonyl (C=O) groups is 1. The Kier molecular flexibility index (Phi) is 4.23. The van der Waals surface area contributed by atoms with E-state index < -0.39 is 0 Å². The van der Waals surface area contributed by atoms with Crippen LogP contribution in [0.2, 0.25) is 0 Å². The molecule has 2 aromatic rings. The molecule has 0 saturated carbocycles. The number of rotatable bonds is 4. The number of hydrogen-bond acceptors (Lipinski definition) is 2. The van der Waals surface area contributed by atoms with Crippen LogP contribution in [-0.4, -0.2) is 13.3 Å². The standard InChI is InChI=1S/C18H21NO/c1-12-6-5-7-13(2)17(12)16-10-14(3)18(19-4)15(11-16)8-9-20/h5-7,9-11,19H,8H2,1-4H3. The van der Waals surface area contributed by atoms with Crippen LogP contribution in [0.25, 0.3) is 11.1 Å². The van der Waals surface area contributed by atoms with E-state index in [1.165, 1.54) is 27.8 Å². The van der Waals surface area contributed by atoms with E-state index in [9.17, 15) is 4.79 Å². The molecule has 0 spiro atoms. The fraction of sp³-hybridized carbons (Fsp3) is 0.278. The first kappa shape index (κ1) is 14.3. The first-order valence-corrected chi connectivity index (χ1v) is 6.90. The second-order valence-electron chi connectivity index (χ2n) is 5.21. The van der Waals surface area contributed by atoms with E-state index in [-0.39, 0.29) is 0 Å². The topological polar surface area (TPSA) is 29.1 Å². The van der Waals surface area contributed by atoms with Gasteiger partial charge in [0.1, 0.15) is 6.29 Å². The SMILES string of the molecule is CNc1c(C)cc(-c2c(C)cccc2C)cc1CC=O. The zero-order valence-corrected chi connectivity index (χ0v) is 12.6. The monoisotopic (exact) mass is 267 g/mol. The van der Waals surface area contributed by atoms with Gasteiger partial charge in [0.2, 0.25) is 0 Å². The molecule has 0 bridgehead atoms. The van der Waals surface area contributed by atoms with Crippen LogP contribution in [0.1, 0.15) is 22.3 Å². The fourth-order valence-electron chi connectivity index (χ4n) is 2.88. The van der Waals surface area contributed by atoms with Crippen molar-refractivity contribution < 1.29 is 4.79 Å². The van der Waals surface area contributed by atoms with Gasteiger partial charge in [-0.15, -0.1) is 0 Å². The molecule has 2 rings (SSSR count). The maximum atomic E-state index is 10.9. The second-order valence-corrected chi connectivity index (χ2v) is 5.21. The van der Waals surface area contributed by atoms with E-state index in [0.29, 0.717) is 6.42 Å². The van der Waals surface area contributed by atoms with Crippen LogP contribution in [0, 0.1) is 20.8 Å². The molecule has 0 amide bonds. The van der Waals surface area contributed by atoms with E-state index in [4.69, 9.17) is 0 Å². The van der Waals surface area contributed by atoms with Crippen LogP contribution >= 0.6 is 0 Å². The Morgan fingerprint density at radius 1 is 1.05 bits per heavy atom. The lowest BCUT2D eigenvalue weighted by Gasteiger charge is -2.16. The van der Waals surface area contributed by atoms with Crippen molar-refractivity contribution in [2.24, 2.45) is 0 Å². The average molecular weight is 267 g/mol. The number of hydrogen-bond donors (Lipinski definition) is 1. The van der Waals surface area contributed by atoms with Gasteiger partial charge >= 0.3 is 0 Å². The lowest BCUT2D eigenvalue weighted by Crippen LogP contribution is -2.01. The van der Waals surface area contributed by atoms with Crippen LogP contribution in [0.4, 0.5) is 5.69 Å². The summed E-state index contributed by atoms with van der Waals surface area (Å²) in [7, 11) is 1.90. The number of carbonyl (C=O) groups excluding carboxylic acids is 1. The summed E-state index contributed by atoms with van der Waals surface area (Å²) in [5, 5.41) is 3.20. The summed E-state index contributed by atoms with van der Waals surface area (Å²) < 4.78 is 0. The average Bonchev–Trinajstić information content (AvgIpc) is 2.38. The first-order valence-electron chi connectivity index (χ1n) is 6.90. The van der Waals surface area contributed by atoms with Crippen LogP contribution in [0.15, 0.2) is 30.3 Å². The van der Waals surface area contributed by atoms with Gasteiger partial charge in [-0.25, -0.2) is 0 Å². The van der Waals surface area contributed by atoms with Crippen LogP contribution < -0.4 is 5.32 Å². The minimum atomic E-state index is 0.440. The van der Waals surface area contributed by atoms with Gasteiger partial charge in [-0.1, -0.05) is 18.2 Å². The summed E-state index contributed by atoms with van der Waals surface area (Å²) in [5.41, 5.74) is 8.27. The molecule has 2 heteroatoms. The van der Waals surface area contributed by atoms with Gasteiger partial charge < -0.3 is 10.1 Å². The summed E-state index contributed by atoms with van der Waals surface area (Å²) in [6.07, 6.45) is 1.40. The van der Waals surface area contributed by atoms with Crippen molar-refractivity contribution in [3.8, 4) is 11.1 Å². The summed E-state index contributed by atoms with van der Waals surface area (Å²) in [4.78, 5) is 10.9. The van der Waals surface area contributed by atoms with Crippen molar-refractivity contribution in [2.75, 3.05) is 12.4 Å². The predicted molar refractivity (Wildman–Crippen MR) is 85.4 cm³/mol. The number of nitrogens with one attached hydrogen (secondary N) is 1. The minimum Gasteiger partial charge on any atom is -0.388 e. The van der Waals surface area contributed by atoms with E-state index in [0.717, 1.165) is 17.5 Å². The number of benzene rings is 2. The molecule has 104 valence electrons. The third kappa shape index (κ3) is 2.60. The molecule has 2 nitrogen and oxygen atoms in total. The Hall–Kier alpha value is -2.09. The van der Waals surface area contributed by atoms with Gasteiger partial charge in [-0.3, -0.25) is 0 Å². The number of aryl methyl sites for hydroxylation is 3. The van der Waals surface area contributed by atoms with Gasteiger partial charge in [-0.05, 0) is 66.3 Å². The summed E-state index contributed by atoms with van der Waals surface area (Å²) in [5.74, 6) is 0. The molecule has 0 atom stereocenters. The Morgan fingerprint density at radius 3 is 2.25 bits per heavy atom. The number of aldehydes is 1. The number of anilines is 1. The highest BCUT2D eigenvalue weighted by atomic mass is 16.1. The van der Waals surface area contributed by atoms with Crippen molar-refractivity contribution in [1.82, 2.24) is 0 Å². The summed E-state index contributed by atoms with van der Waals surface area (Å²) >= 11 is 0. The summed E-state index contributed by atoms with van der Waals surface area (Å²) in [6, 6.07) is 10.7. The third-order valence-electron chi connectivity index (χ3n) is 3.74. The van der Waals surface area contributed by atoms with E-state index in [2.05, 4.69) is 56.4 Å². The lowest BCUT2D eigenvalue weighted by molar-refractivity contribution is -0.107.